The van der Waals surface area contributed by atoms with Gasteiger partial charge < -0.3 is 42.8 Å². The summed E-state index contributed by atoms with van der Waals surface area (Å²) in [4.78, 5) is 50.9. The van der Waals surface area contributed by atoms with Gasteiger partial charge in [0.2, 0.25) is 0 Å². The molecule has 0 aromatic heterocycles. The lowest BCUT2D eigenvalue weighted by atomic mass is 10.1. The summed E-state index contributed by atoms with van der Waals surface area (Å²) in [7, 11) is 6.11. The average Bonchev–Trinajstić information content (AvgIpc) is 3.32. The van der Waals surface area contributed by atoms with Gasteiger partial charge in [-0.2, -0.15) is 0 Å². The van der Waals surface area contributed by atoms with E-state index in [1.807, 2.05) is 72.8 Å². The summed E-state index contributed by atoms with van der Waals surface area (Å²) in [6.45, 7) is 8.28. The summed E-state index contributed by atoms with van der Waals surface area (Å²) in [5.41, 5.74) is 5.57. The summed E-state index contributed by atoms with van der Waals surface area (Å²) in [6, 6.07) is 30.0. The maximum atomic E-state index is 11.6. The van der Waals surface area contributed by atoms with Crippen molar-refractivity contribution in [2.75, 3.05) is 59.5 Å². The Morgan fingerprint density at radius 3 is 0.957 bits per heavy atom. The maximum absolute atomic E-state index is 11.6. The highest BCUT2D eigenvalue weighted by Gasteiger charge is 2.13. The number of methoxy groups -OCH3 is 4. The SMILES string of the molecule is COc1cc(/C=C/CN(C/C=C/c2ccc(OC(C)=O)c(OC)c2)Cc2ccc(N(C/C=C/c3ccc(OC(C)=O)c(OC)c3)C/C=C/c3ccc(OC(C)=O)c(OC)c3)cc2)ccc1OC(C)=O. The molecule has 5 aromatic carbocycles. The van der Waals surface area contributed by atoms with Crippen LogP contribution >= 0.6 is 0 Å². The highest BCUT2D eigenvalue weighted by molar-refractivity contribution is 5.73. The van der Waals surface area contributed by atoms with E-state index >= 15 is 0 Å². The van der Waals surface area contributed by atoms with Crippen LogP contribution in [0.3, 0.4) is 0 Å². The predicted octanol–water partition coefficient (Wildman–Crippen LogP) is 9.88. The monoisotopic (exact) mass is 938 g/mol. The molecular weight excluding hydrogens is 881 g/mol. The van der Waals surface area contributed by atoms with Crippen molar-refractivity contribution in [3.63, 3.8) is 0 Å². The van der Waals surface area contributed by atoms with Gasteiger partial charge in [0.1, 0.15) is 0 Å². The van der Waals surface area contributed by atoms with Crippen LogP contribution in [0.4, 0.5) is 5.69 Å². The second-order valence-electron chi connectivity index (χ2n) is 15.4. The van der Waals surface area contributed by atoms with E-state index in [2.05, 4.69) is 58.4 Å². The number of benzene rings is 5. The first-order chi connectivity index (χ1) is 33.3. The van der Waals surface area contributed by atoms with Crippen molar-refractivity contribution in [2.24, 2.45) is 0 Å². The molecule has 0 aliphatic rings. The average molecular weight is 939 g/mol. The Kier molecular flexibility index (Phi) is 19.8. The van der Waals surface area contributed by atoms with Gasteiger partial charge in [0.25, 0.3) is 0 Å². The number of rotatable bonds is 23. The number of esters is 4. The Hall–Kier alpha value is -8.10. The van der Waals surface area contributed by atoms with E-state index in [-0.39, 0.29) is 0 Å². The van der Waals surface area contributed by atoms with E-state index in [0.717, 1.165) is 33.5 Å². The fraction of sp³-hybridized carbons (Fsp3) is 0.236. The number of nitrogens with zero attached hydrogens (tertiary/aromatic N) is 2. The van der Waals surface area contributed by atoms with Gasteiger partial charge in [0, 0.05) is 66.1 Å². The Morgan fingerprint density at radius 1 is 0.391 bits per heavy atom. The number of carbonyl (C=O) groups excluding carboxylic acids is 4. The van der Waals surface area contributed by atoms with Crippen LogP contribution in [0, 0.1) is 0 Å². The molecule has 0 spiro atoms. The van der Waals surface area contributed by atoms with Crippen molar-refractivity contribution in [1.82, 2.24) is 4.90 Å². The molecule has 0 saturated heterocycles. The second kappa shape index (κ2) is 26.3. The fourth-order valence-electron chi connectivity index (χ4n) is 6.98. The van der Waals surface area contributed by atoms with Gasteiger partial charge in [-0.15, -0.1) is 0 Å². The number of carbonyl (C=O) groups is 4. The zero-order valence-corrected chi connectivity index (χ0v) is 40.2. The molecule has 0 atom stereocenters. The number of hydrogen-bond acceptors (Lipinski definition) is 14. The van der Waals surface area contributed by atoms with Crippen LogP contribution in [0.2, 0.25) is 0 Å². The molecule has 0 aliphatic carbocycles. The van der Waals surface area contributed by atoms with E-state index in [0.29, 0.717) is 78.7 Å². The molecule has 0 heterocycles. The van der Waals surface area contributed by atoms with Crippen LogP contribution in [-0.4, -0.2) is 83.4 Å². The number of anilines is 1. The van der Waals surface area contributed by atoms with Crippen molar-refractivity contribution < 1.29 is 57.1 Å². The van der Waals surface area contributed by atoms with E-state index in [9.17, 15) is 19.2 Å². The van der Waals surface area contributed by atoms with E-state index in [1.165, 1.54) is 56.1 Å². The molecule has 0 bridgehead atoms. The lowest BCUT2D eigenvalue weighted by Gasteiger charge is -2.23. The van der Waals surface area contributed by atoms with Gasteiger partial charge in [0.05, 0.1) is 28.4 Å². The maximum Gasteiger partial charge on any atom is 0.308 e. The van der Waals surface area contributed by atoms with E-state index < -0.39 is 23.9 Å². The summed E-state index contributed by atoms with van der Waals surface area (Å²) in [6.07, 6.45) is 16.2. The zero-order chi connectivity index (χ0) is 49.7. The topological polar surface area (TPSA) is 149 Å². The molecular formula is C55H58N2O12. The molecule has 360 valence electrons. The smallest absolute Gasteiger partial charge is 0.308 e. The summed E-state index contributed by atoms with van der Waals surface area (Å²) < 4.78 is 43.0. The van der Waals surface area contributed by atoms with Crippen LogP contribution in [0.5, 0.6) is 46.0 Å². The summed E-state index contributed by atoms with van der Waals surface area (Å²) >= 11 is 0. The lowest BCUT2D eigenvalue weighted by molar-refractivity contribution is -0.132. The van der Waals surface area contributed by atoms with Crippen molar-refractivity contribution in [2.45, 2.75) is 34.2 Å². The quantitative estimate of drug-likeness (QED) is 0.0452. The minimum Gasteiger partial charge on any atom is -0.493 e. The number of ether oxygens (including phenoxy) is 8. The van der Waals surface area contributed by atoms with Gasteiger partial charge in [-0.1, -0.05) is 85.0 Å². The Labute approximate surface area is 403 Å². The van der Waals surface area contributed by atoms with Crippen LogP contribution in [0.15, 0.2) is 121 Å². The van der Waals surface area contributed by atoms with Crippen LogP contribution in [-0.2, 0) is 25.7 Å². The third-order valence-electron chi connectivity index (χ3n) is 10.1. The van der Waals surface area contributed by atoms with Gasteiger partial charge in [-0.3, -0.25) is 24.1 Å². The third kappa shape index (κ3) is 16.6. The molecule has 0 fully saturated rings. The first-order valence-electron chi connectivity index (χ1n) is 22.0. The molecule has 0 aliphatic heterocycles. The second-order valence-corrected chi connectivity index (χ2v) is 15.4. The highest BCUT2D eigenvalue weighted by atomic mass is 16.6. The van der Waals surface area contributed by atoms with E-state index in [4.69, 9.17) is 37.9 Å². The Morgan fingerprint density at radius 2 is 0.681 bits per heavy atom. The third-order valence-corrected chi connectivity index (χ3v) is 10.1. The van der Waals surface area contributed by atoms with Crippen molar-refractivity contribution in [3.05, 3.63) is 149 Å². The molecule has 5 rings (SSSR count). The van der Waals surface area contributed by atoms with Crippen molar-refractivity contribution in [3.8, 4) is 46.0 Å². The molecule has 0 radical (unpaired) electrons. The molecule has 0 unspecified atom stereocenters. The summed E-state index contributed by atoms with van der Waals surface area (Å²) in [5.74, 6) is 1.46. The molecule has 0 amide bonds. The van der Waals surface area contributed by atoms with Crippen LogP contribution < -0.4 is 42.8 Å². The van der Waals surface area contributed by atoms with Crippen LogP contribution in [0.25, 0.3) is 24.3 Å². The molecule has 5 aromatic rings. The van der Waals surface area contributed by atoms with E-state index in [1.54, 1.807) is 24.3 Å². The molecule has 69 heavy (non-hydrogen) atoms. The van der Waals surface area contributed by atoms with Crippen molar-refractivity contribution in [1.29, 1.82) is 0 Å². The van der Waals surface area contributed by atoms with Gasteiger partial charge in [-0.25, -0.2) is 0 Å². The minimum atomic E-state index is -0.434. The predicted molar refractivity (Wildman–Crippen MR) is 267 cm³/mol. The van der Waals surface area contributed by atoms with Gasteiger partial charge in [0.15, 0.2) is 46.0 Å². The number of hydrogen-bond donors (Lipinski definition) is 0. The van der Waals surface area contributed by atoms with Crippen LogP contribution in [0.1, 0.15) is 55.5 Å². The molecule has 14 heteroatoms. The van der Waals surface area contributed by atoms with Gasteiger partial charge in [-0.05, 0) is 88.5 Å². The first-order valence-corrected chi connectivity index (χ1v) is 22.0. The lowest BCUT2D eigenvalue weighted by Crippen LogP contribution is -2.24. The normalized spacial score (nSPS) is 11.3. The largest absolute Gasteiger partial charge is 0.493 e. The molecule has 0 saturated carbocycles. The Bertz CT molecular complexity index is 2530. The fourth-order valence-corrected chi connectivity index (χ4v) is 6.98. The Balaban J connectivity index is 1.39. The van der Waals surface area contributed by atoms with Crippen molar-refractivity contribution >= 4 is 53.9 Å². The minimum absolute atomic E-state index is 0.345. The molecule has 14 nitrogen and oxygen atoms in total. The highest BCUT2D eigenvalue weighted by Crippen LogP contribution is 2.32. The molecule has 0 N–H and O–H groups in total. The van der Waals surface area contributed by atoms with Gasteiger partial charge >= 0.3 is 23.9 Å². The summed E-state index contributed by atoms with van der Waals surface area (Å²) in [5, 5.41) is 0. The zero-order valence-electron chi connectivity index (χ0n) is 40.2. The standard InChI is InChI=1S/C55H58N2O12/c1-38(58)66-48-25-19-42(33-52(48)62-5)13-9-29-56(30-10-14-43-20-26-49(67-39(2)59)53(34-43)63-6)37-46-17-23-47(24-18-46)57(31-11-15-44-21-27-50(68-40(3)60)54(35-44)64-7)32-12-16-45-22-28-51(69-41(4)61)55(36-45)65-8/h9-28,33-36H,29-32,37H2,1-8H3/b13-9+,14-10+,15-11+,16-12+. The first kappa shape index (κ1) is 51.9.